The third kappa shape index (κ3) is 4.94. The van der Waals surface area contributed by atoms with Crippen LogP contribution in [-0.4, -0.2) is 49.4 Å². The second-order valence-corrected chi connectivity index (χ2v) is 4.97. The van der Waals surface area contributed by atoms with Crippen molar-refractivity contribution in [3.63, 3.8) is 0 Å². The lowest BCUT2D eigenvalue weighted by atomic mass is 10.2. The second kappa shape index (κ2) is 8.71. The molecule has 1 saturated heterocycles. The zero-order chi connectivity index (χ0) is 14.0. The van der Waals surface area contributed by atoms with Gasteiger partial charge in [0.15, 0.2) is 0 Å². The summed E-state index contributed by atoms with van der Waals surface area (Å²) < 4.78 is 5.35. The van der Waals surface area contributed by atoms with Gasteiger partial charge in [-0.3, -0.25) is 0 Å². The molecule has 0 atom stereocenters. The highest BCUT2D eigenvalue weighted by atomic mass is 16.5. The molecule has 2 heterocycles. The number of nitrogens with two attached hydrogens (primary N) is 1. The number of morpholine rings is 1. The van der Waals surface area contributed by atoms with E-state index in [-0.39, 0.29) is 0 Å². The van der Waals surface area contributed by atoms with Crippen LogP contribution in [0.5, 0.6) is 0 Å². The highest BCUT2D eigenvalue weighted by Gasteiger charge is 2.12. The largest absolute Gasteiger partial charge is 0.378 e. The van der Waals surface area contributed by atoms with Gasteiger partial charge in [-0.1, -0.05) is 12.8 Å². The molecule has 6 nitrogen and oxygen atoms in total. The summed E-state index contributed by atoms with van der Waals surface area (Å²) in [6, 6.07) is 1.96. The van der Waals surface area contributed by atoms with Gasteiger partial charge >= 0.3 is 0 Å². The fraction of sp³-hybridized carbons (Fsp3) is 0.714. The summed E-state index contributed by atoms with van der Waals surface area (Å²) in [5.41, 5.74) is 5.47. The molecule has 3 N–H and O–H groups in total. The summed E-state index contributed by atoms with van der Waals surface area (Å²) in [4.78, 5) is 11.1. The van der Waals surface area contributed by atoms with Gasteiger partial charge < -0.3 is 20.7 Å². The van der Waals surface area contributed by atoms with E-state index in [4.69, 9.17) is 10.5 Å². The standard InChI is InChI=1S/C14H25N5O/c15-6-3-1-2-4-7-16-14-17-8-5-13(18-14)19-9-11-20-12-10-19/h5,8H,1-4,6-7,9-12,15H2,(H,16,17,18). The van der Waals surface area contributed by atoms with E-state index in [0.29, 0.717) is 5.95 Å². The van der Waals surface area contributed by atoms with Gasteiger partial charge in [0.05, 0.1) is 13.2 Å². The quantitative estimate of drug-likeness (QED) is 0.697. The summed E-state index contributed by atoms with van der Waals surface area (Å²) in [5, 5.41) is 3.29. The van der Waals surface area contributed by atoms with E-state index in [9.17, 15) is 0 Å². The molecule has 1 aromatic heterocycles. The molecule has 0 saturated carbocycles. The normalized spacial score (nSPS) is 15.3. The lowest BCUT2D eigenvalue weighted by molar-refractivity contribution is 0.122. The maximum Gasteiger partial charge on any atom is 0.224 e. The van der Waals surface area contributed by atoms with Gasteiger partial charge in [0.2, 0.25) is 5.95 Å². The zero-order valence-electron chi connectivity index (χ0n) is 12.1. The number of nitrogens with zero attached hydrogens (tertiary/aromatic N) is 3. The van der Waals surface area contributed by atoms with Crippen LogP contribution in [0.3, 0.4) is 0 Å². The molecule has 1 fully saturated rings. The Morgan fingerprint density at radius 2 is 2.00 bits per heavy atom. The molecule has 1 aromatic rings. The summed E-state index contributed by atoms with van der Waals surface area (Å²) in [6.45, 7) is 5.04. The van der Waals surface area contributed by atoms with Crippen molar-refractivity contribution in [3.05, 3.63) is 12.3 Å². The van der Waals surface area contributed by atoms with Gasteiger partial charge in [0.1, 0.15) is 5.82 Å². The van der Waals surface area contributed by atoms with Crippen molar-refractivity contribution >= 4 is 11.8 Å². The molecule has 0 bridgehead atoms. The molecule has 0 aromatic carbocycles. The van der Waals surface area contributed by atoms with E-state index in [1.807, 2.05) is 12.3 Å². The molecule has 0 spiro atoms. The Hall–Kier alpha value is -1.40. The average Bonchev–Trinajstić information content (AvgIpc) is 2.52. The number of anilines is 2. The van der Waals surface area contributed by atoms with Crippen LogP contribution in [0.2, 0.25) is 0 Å². The zero-order valence-corrected chi connectivity index (χ0v) is 12.1. The number of unbranched alkanes of at least 4 members (excludes halogenated alkanes) is 3. The van der Waals surface area contributed by atoms with Crippen LogP contribution in [0, 0.1) is 0 Å². The molecule has 1 aliphatic heterocycles. The van der Waals surface area contributed by atoms with Crippen LogP contribution in [0.15, 0.2) is 12.3 Å². The highest BCUT2D eigenvalue weighted by molar-refractivity contribution is 5.42. The first kappa shape index (κ1) is 15.0. The third-order valence-electron chi connectivity index (χ3n) is 3.39. The maximum absolute atomic E-state index is 5.47. The minimum absolute atomic E-state index is 0.716. The Balaban J connectivity index is 1.74. The second-order valence-electron chi connectivity index (χ2n) is 4.97. The molecule has 112 valence electrons. The highest BCUT2D eigenvalue weighted by Crippen LogP contribution is 2.13. The van der Waals surface area contributed by atoms with E-state index in [2.05, 4.69) is 20.2 Å². The summed E-state index contributed by atoms with van der Waals surface area (Å²) >= 11 is 0. The van der Waals surface area contributed by atoms with Crippen LogP contribution in [0.4, 0.5) is 11.8 Å². The van der Waals surface area contributed by atoms with E-state index >= 15 is 0 Å². The van der Waals surface area contributed by atoms with Crippen molar-refractivity contribution in [3.8, 4) is 0 Å². The molecule has 0 unspecified atom stereocenters. The topological polar surface area (TPSA) is 76.3 Å². The molecule has 1 aliphatic rings. The number of nitrogens with one attached hydrogen (secondary N) is 1. The van der Waals surface area contributed by atoms with Crippen molar-refractivity contribution in [1.29, 1.82) is 0 Å². The van der Waals surface area contributed by atoms with Crippen molar-refractivity contribution in [2.75, 3.05) is 49.6 Å². The molecule has 6 heteroatoms. The monoisotopic (exact) mass is 279 g/mol. The van der Waals surface area contributed by atoms with E-state index in [1.165, 1.54) is 12.8 Å². The first-order valence-electron chi connectivity index (χ1n) is 7.50. The van der Waals surface area contributed by atoms with Crippen LogP contribution in [0.1, 0.15) is 25.7 Å². The first-order valence-corrected chi connectivity index (χ1v) is 7.50. The van der Waals surface area contributed by atoms with Gasteiger partial charge in [-0.25, -0.2) is 4.98 Å². The van der Waals surface area contributed by atoms with E-state index in [0.717, 1.165) is 58.1 Å². The first-order chi connectivity index (χ1) is 9.90. The van der Waals surface area contributed by atoms with Crippen LogP contribution in [-0.2, 0) is 4.74 Å². The fourth-order valence-electron chi connectivity index (χ4n) is 2.23. The molecule has 2 rings (SSSR count). The Bertz CT molecular complexity index is 382. The minimum Gasteiger partial charge on any atom is -0.378 e. The summed E-state index contributed by atoms with van der Waals surface area (Å²) in [5.74, 6) is 1.70. The summed E-state index contributed by atoms with van der Waals surface area (Å²) in [6.07, 6.45) is 6.46. The lowest BCUT2D eigenvalue weighted by Gasteiger charge is -2.27. The Morgan fingerprint density at radius 3 is 2.80 bits per heavy atom. The Labute approximate surface area is 120 Å². The minimum atomic E-state index is 0.716. The predicted molar refractivity (Wildman–Crippen MR) is 81.1 cm³/mol. The van der Waals surface area contributed by atoms with Crippen molar-refractivity contribution in [1.82, 2.24) is 9.97 Å². The van der Waals surface area contributed by atoms with Gasteiger partial charge in [-0.2, -0.15) is 4.98 Å². The van der Waals surface area contributed by atoms with Crippen LogP contribution >= 0.6 is 0 Å². The molecule has 0 radical (unpaired) electrons. The van der Waals surface area contributed by atoms with Crippen LogP contribution < -0.4 is 16.0 Å². The number of aromatic nitrogens is 2. The van der Waals surface area contributed by atoms with Gasteiger partial charge in [0.25, 0.3) is 0 Å². The Kier molecular flexibility index (Phi) is 6.53. The van der Waals surface area contributed by atoms with Crippen molar-refractivity contribution in [2.24, 2.45) is 5.73 Å². The number of hydrogen-bond donors (Lipinski definition) is 2. The SMILES string of the molecule is NCCCCCCNc1nccc(N2CCOCC2)n1. The fourth-order valence-corrected chi connectivity index (χ4v) is 2.23. The molecule has 0 amide bonds. The van der Waals surface area contributed by atoms with Crippen molar-refractivity contribution < 1.29 is 4.74 Å². The molecule has 20 heavy (non-hydrogen) atoms. The number of ether oxygens (including phenoxy) is 1. The van der Waals surface area contributed by atoms with Gasteiger partial charge in [0, 0.05) is 25.8 Å². The predicted octanol–water partition coefficient (Wildman–Crippen LogP) is 1.24. The Morgan fingerprint density at radius 1 is 1.20 bits per heavy atom. The number of hydrogen-bond acceptors (Lipinski definition) is 6. The number of rotatable bonds is 8. The average molecular weight is 279 g/mol. The van der Waals surface area contributed by atoms with Gasteiger partial charge in [-0.15, -0.1) is 0 Å². The van der Waals surface area contributed by atoms with Crippen molar-refractivity contribution in [2.45, 2.75) is 25.7 Å². The van der Waals surface area contributed by atoms with Gasteiger partial charge in [-0.05, 0) is 25.5 Å². The smallest absolute Gasteiger partial charge is 0.224 e. The van der Waals surface area contributed by atoms with E-state index < -0.39 is 0 Å². The third-order valence-corrected chi connectivity index (χ3v) is 3.39. The summed E-state index contributed by atoms with van der Waals surface area (Å²) in [7, 11) is 0. The van der Waals surface area contributed by atoms with Crippen LogP contribution in [0.25, 0.3) is 0 Å². The maximum atomic E-state index is 5.47. The molecule has 0 aliphatic carbocycles. The lowest BCUT2D eigenvalue weighted by Crippen LogP contribution is -2.36. The molecular formula is C14H25N5O. The molecular weight excluding hydrogens is 254 g/mol. The van der Waals surface area contributed by atoms with E-state index in [1.54, 1.807) is 0 Å².